The minimum atomic E-state index is -0.779. The maximum atomic E-state index is 13.4. The Morgan fingerprint density at radius 2 is 2.00 bits per heavy atom. The average molecular weight is 225 g/mol. The quantitative estimate of drug-likeness (QED) is 0.806. The lowest BCUT2D eigenvalue weighted by Gasteiger charge is -2.14. The largest absolute Gasteiger partial charge is 0.387 e. The SMILES string of the molecule is Cc1ccc(F)c(C(O)CNCC(C)C)c1. The predicted molar refractivity (Wildman–Crippen MR) is 63.8 cm³/mol. The lowest BCUT2D eigenvalue weighted by molar-refractivity contribution is 0.169. The molecular weight excluding hydrogens is 205 g/mol. The van der Waals surface area contributed by atoms with Gasteiger partial charge in [-0.2, -0.15) is 0 Å². The molecule has 0 saturated heterocycles. The molecule has 90 valence electrons. The van der Waals surface area contributed by atoms with Crippen molar-refractivity contribution in [1.29, 1.82) is 0 Å². The monoisotopic (exact) mass is 225 g/mol. The highest BCUT2D eigenvalue weighted by atomic mass is 19.1. The van der Waals surface area contributed by atoms with Crippen LogP contribution in [0, 0.1) is 18.7 Å². The molecule has 0 saturated carbocycles. The first-order valence-electron chi connectivity index (χ1n) is 5.65. The standard InChI is InChI=1S/C13H20FNO/c1-9(2)7-15-8-13(16)11-6-10(3)4-5-12(11)14/h4-6,9,13,15-16H,7-8H2,1-3H3. The smallest absolute Gasteiger partial charge is 0.129 e. The number of nitrogens with one attached hydrogen (secondary N) is 1. The van der Waals surface area contributed by atoms with Gasteiger partial charge in [0.15, 0.2) is 0 Å². The number of benzene rings is 1. The number of hydrogen-bond acceptors (Lipinski definition) is 2. The number of halogens is 1. The van der Waals surface area contributed by atoms with E-state index < -0.39 is 6.10 Å². The Labute approximate surface area is 96.5 Å². The van der Waals surface area contributed by atoms with Crippen LogP contribution in [0.1, 0.15) is 31.1 Å². The van der Waals surface area contributed by atoms with Crippen molar-refractivity contribution >= 4 is 0 Å². The van der Waals surface area contributed by atoms with Crippen LogP contribution in [0.2, 0.25) is 0 Å². The summed E-state index contributed by atoms with van der Waals surface area (Å²) in [5.74, 6) is 0.180. The van der Waals surface area contributed by atoms with Crippen LogP contribution >= 0.6 is 0 Å². The van der Waals surface area contributed by atoms with Crippen LogP contribution in [-0.4, -0.2) is 18.2 Å². The summed E-state index contributed by atoms with van der Waals surface area (Å²) < 4.78 is 13.4. The topological polar surface area (TPSA) is 32.3 Å². The zero-order valence-electron chi connectivity index (χ0n) is 10.1. The molecule has 0 aromatic heterocycles. The van der Waals surface area contributed by atoms with Crippen LogP contribution in [0.5, 0.6) is 0 Å². The highest BCUT2D eigenvalue weighted by Crippen LogP contribution is 2.17. The van der Waals surface area contributed by atoms with Crippen molar-refractivity contribution in [2.75, 3.05) is 13.1 Å². The summed E-state index contributed by atoms with van der Waals surface area (Å²) in [4.78, 5) is 0. The van der Waals surface area contributed by atoms with Gasteiger partial charge in [-0.1, -0.05) is 31.5 Å². The first-order chi connectivity index (χ1) is 7.50. The molecule has 1 unspecified atom stereocenters. The molecule has 0 spiro atoms. The summed E-state index contributed by atoms with van der Waals surface area (Å²) >= 11 is 0. The average Bonchev–Trinajstić information content (AvgIpc) is 2.21. The fraction of sp³-hybridized carbons (Fsp3) is 0.538. The van der Waals surface area contributed by atoms with E-state index in [1.165, 1.54) is 6.07 Å². The molecule has 0 aliphatic carbocycles. The van der Waals surface area contributed by atoms with Gasteiger partial charge in [0.2, 0.25) is 0 Å². The van der Waals surface area contributed by atoms with Gasteiger partial charge in [-0.3, -0.25) is 0 Å². The predicted octanol–water partition coefficient (Wildman–Crippen LogP) is 2.41. The second-order valence-electron chi connectivity index (χ2n) is 4.59. The molecule has 1 aromatic carbocycles. The number of rotatable bonds is 5. The van der Waals surface area contributed by atoms with Gasteiger partial charge in [0, 0.05) is 12.1 Å². The minimum Gasteiger partial charge on any atom is -0.387 e. The second-order valence-corrected chi connectivity index (χ2v) is 4.59. The van der Waals surface area contributed by atoms with Crippen molar-refractivity contribution in [2.24, 2.45) is 5.92 Å². The Morgan fingerprint density at radius 3 is 2.62 bits per heavy atom. The third kappa shape index (κ3) is 3.91. The van der Waals surface area contributed by atoms with Crippen molar-refractivity contribution in [3.05, 3.63) is 35.1 Å². The Kier molecular flexibility index (Phi) is 4.90. The van der Waals surface area contributed by atoms with E-state index in [0.717, 1.165) is 12.1 Å². The van der Waals surface area contributed by atoms with Crippen LogP contribution < -0.4 is 5.32 Å². The van der Waals surface area contributed by atoms with Gasteiger partial charge in [-0.15, -0.1) is 0 Å². The number of hydrogen-bond donors (Lipinski definition) is 2. The van der Waals surface area contributed by atoms with Gasteiger partial charge in [0.05, 0.1) is 6.10 Å². The van der Waals surface area contributed by atoms with Gasteiger partial charge in [0.25, 0.3) is 0 Å². The van der Waals surface area contributed by atoms with Gasteiger partial charge >= 0.3 is 0 Å². The zero-order valence-corrected chi connectivity index (χ0v) is 10.1. The summed E-state index contributed by atoms with van der Waals surface area (Å²) in [5, 5.41) is 12.9. The van der Waals surface area contributed by atoms with Crippen LogP contribution in [-0.2, 0) is 0 Å². The van der Waals surface area contributed by atoms with Gasteiger partial charge in [-0.25, -0.2) is 4.39 Å². The third-order valence-corrected chi connectivity index (χ3v) is 2.40. The van der Waals surface area contributed by atoms with Crippen molar-refractivity contribution in [2.45, 2.75) is 26.9 Å². The van der Waals surface area contributed by atoms with E-state index >= 15 is 0 Å². The summed E-state index contributed by atoms with van der Waals surface area (Å²) in [6.45, 7) is 7.28. The van der Waals surface area contributed by atoms with E-state index in [1.54, 1.807) is 12.1 Å². The molecule has 0 radical (unpaired) electrons. The maximum Gasteiger partial charge on any atom is 0.129 e. The zero-order chi connectivity index (χ0) is 12.1. The molecule has 0 amide bonds. The normalized spacial score (nSPS) is 13.1. The summed E-state index contributed by atoms with van der Waals surface area (Å²) in [6.07, 6.45) is -0.779. The number of aliphatic hydroxyl groups is 1. The van der Waals surface area contributed by atoms with E-state index in [4.69, 9.17) is 0 Å². The molecule has 0 heterocycles. The Balaban J connectivity index is 2.58. The van der Waals surface area contributed by atoms with E-state index in [9.17, 15) is 9.50 Å². The molecule has 2 nitrogen and oxygen atoms in total. The van der Waals surface area contributed by atoms with Crippen LogP contribution in [0.4, 0.5) is 4.39 Å². The molecule has 1 rings (SSSR count). The van der Waals surface area contributed by atoms with Crippen molar-refractivity contribution in [3.8, 4) is 0 Å². The number of aryl methyl sites for hydroxylation is 1. The van der Waals surface area contributed by atoms with E-state index in [1.807, 2.05) is 6.92 Å². The summed E-state index contributed by atoms with van der Waals surface area (Å²) in [6, 6.07) is 4.79. The van der Waals surface area contributed by atoms with Gasteiger partial charge in [0.1, 0.15) is 5.82 Å². The number of aliphatic hydroxyl groups excluding tert-OH is 1. The highest BCUT2D eigenvalue weighted by Gasteiger charge is 2.12. The molecule has 1 aromatic rings. The first kappa shape index (κ1) is 13.1. The van der Waals surface area contributed by atoms with Gasteiger partial charge in [-0.05, 0) is 25.5 Å². The molecule has 3 heteroatoms. The van der Waals surface area contributed by atoms with E-state index in [-0.39, 0.29) is 5.82 Å². The summed E-state index contributed by atoms with van der Waals surface area (Å²) in [5.41, 5.74) is 1.33. The minimum absolute atomic E-state index is 0.343. The molecular formula is C13H20FNO. The van der Waals surface area contributed by atoms with Crippen LogP contribution in [0.3, 0.4) is 0 Å². The maximum absolute atomic E-state index is 13.4. The fourth-order valence-electron chi connectivity index (χ4n) is 1.54. The highest BCUT2D eigenvalue weighted by molar-refractivity contribution is 5.26. The molecule has 2 N–H and O–H groups in total. The van der Waals surface area contributed by atoms with E-state index in [2.05, 4.69) is 19.2 Å². The van der Waals surface area contributed by atoms with Gasteiger partial charge < -0.3 is 10.4 Å². The molecule has 0 aliphatic heterocycles. The van der Waals surface area contributed by atoms with Crippen molar-refractivity contribution < 1.29 is 9.50 Å². The van der Waals surface area contributed by atoms with E-state index in [0.29, 0.717) is 18.0 Å². The second kappa shape index (κ2) is 5.97. The molecule has 0 aliphatic rings. The third-order valence-electron chi connectivity index (χ3n) is 2.40. The lowest BCUT2D eigenvalue weighted by atomic mass is 10.1. The Hall–Kier alpha value is -0.930. The summed E-state index contributed by atoms with van der Waals surface area (Å²) in [7, 11) is 0. The van der Waals surface area contributed by atoms with Crippen molar-refractivity contribution in [3.63, 3.8) is 0 Å². The molecule has 16 heavy (non-hydrogen) atoms. The Morgan fingerprint density at radius 1 is 1.31 bits per heavy atom. The molecule has 0 bridgehead atoms. The lowest BCUT2D eigenvalue weighted by Crippen LogP contribution is -2.25. The Bertz CT molecular complexity index is 339. The fourth-order valence-corrected chi connectivity index (χ4v) is 1.54. The molecule has 1 atom stereocenters. The molecule has 0 fully saturated rings. The van der Waals surface area contributed by atoms with Crippen LogP contribution in [0.15, 0.2) is 18.2 Å². The first-order valence-corrected chi connectivity index (χ1v) is 5.65. The van der Waals surface area contributed by atoms with Crippen molar-refractivity contribution in [1.82, 2.24) is 5.32 Å². The van der Waals surface area contributed by atoms with Crippen LogP contribution in [0.25, 0.3) is 0 Å².